The Morgan fingerprint density at radius 2 is 1.91 bits per heavy atom. The van der Waals surface area contributed by atoms with Crippen LogP contribution in [0.4, 0.5) is 4.79 Å². The molecule has 9 nitrogen and oxygen atoms in total. The SMILES string of the molecule is CCn1nccc1-c1ccc(C(NC(=O)[C@@H]2C[C@@H](O)CN2C(=O)OC(C)(C)C)C(C)O)cc1. The molecule has 1 aromatic carbocycles. The first-order chi connectivity index (χ1) is 15.5. The van der Waals surface area contributed by atoms with Crippen molar-refractivity contribution in [1.29, 1.82) is 0 Å². The number of hydrogen-bond acceptors (Lipinski definition) is 6. The van der Waals surface area contributed by atoms with Crippen molar-refractivity contribution >= 4 is 12.0 Å². The van der Waals surface area contributed by atoms with Gasteiger partial charge in [-0.1, -0.05) is 24.3 Å². The van der Waals surface area contributed by atoms with Crippen molar-refractivity contribution in [3.8, 4) is 11.3 Å². The van der Waals surface area contributed by atoms with Gasteiger partial charge in [-0.2, -0.15) is 5.10 Å². The van der Waals surface area contributed by atoms with Gasteiger partial charge in [-0.3, -0.25) is 14.4 Å². The topological polar surface area (TPSA) is 117 Å². The summed E-state index contributed by atoms with van der Waals surface area (Å²) in [6, 6.07) is 7.93. The van der Waals surface area contributed by atoms with E-state index in [0.717, 1.165) is 23.4 Å². The van der Waals surface area contributed by atoms with Crippen molar-refractivity contribution < 1.29 is 24.5 Å². The average molecular weight is 459 g/mol. The Morgan fingerprint density at radius 3 is 2.48 bits per heavy atom. The molecule has 1 fully saturated rings. The Bertz CT molecular complexity index is 964. The molecule has 0 aliphatic carbocycles. The first-order valence-electron chi connectivity index (χ1n) is 11.3. The van der Waals surface area contributed by atoms with Crippen molar-refractivity contribution in [2.45, 2.75) is 77.5 Å². The van der Waals surface area contributed by atoms with Crippen molar-refractivity contribution in [3.63, 3.8) is 0 Å². The molecule has 0 saturated carbocycles. The molecule has 33 heavy (non-hydrogen) atoms. The monoisotopic (exact) mass is 458 g/mol. The Balaban J connectivity index is 1.76. The van der Waals surface area contributed by atoms with E-state index in [1.165, 1.54) is 4.90 Å². The molecule has 1 aliphatic rings. The minimum atomic E-state index is -0.880. The van der Waals surface area contributed by atoms with E-state index < -0.39 is 41.9 Å². The summed E-state index contributed by atoms with van der Waals surface area (Å²) in [6.07, 6.45) is -0.483. The number of amides is 2. The lowest BCUT2D eigenvalue weighted by Crippen LogP contribution is -2.49. The fraction of sp³-hybridized carbons (Fsp3) is 0.542. The van der Waals surface area contributed by atoms with E-state index in [4.69, 9.17) is 4.74 Å². The van der Waals surface area contributed by atoms with Gasteiger partial charge in [0.1, 0.15) is 11.6 Å². The number of hydrogen-bond donors (Lipinski definition) is 3. The fourth-order valence-corrected chi connectivity index (χ4v) is 4.01. The number of benzene rings is 1. The average Bonchev–Trinajstić information content (AvgIpc) is 3.37. The molecule has 2 aromatic rings. The predicted octanol–water partition coefficient (Wildman–Crippen LogP) is 2.48. The zero-order chi connectivity index (χ0) is 24.3. The molecule has 1 aromatic heterocycles. The maximum atomic E-state index is 13.1. The van der Waals surface area contributed by atoms with Crippen molar-refractivity contribution in [1.82, 2.24) is 20.0 Å². The molecule has 0 spiro atoms. The third kappa shape index (κ3) is 5.91. The minimum Gasteiger partial charge on any atom is -0.444 e. The van der Waals surface area contributed by atoms with Gasteiger partial charge >= 0.3 is 6.09 Å². The Labute approximate surface area is 194 Å². The van der Waals surface area contributed by atoms with Gasteiger partial charge in [-0.15, -0.1) is 0 Å². The van der Waals surface area contributed by atoms with Crippen LogP contribution in [-0.4, -0.2) is 67.3 Å². The summed E-state index contributed by atoms with van der Waals surface area (Å²) in [5, 5.41) is 27.6. The fourth-order valence-electron chi connectivity index (χ4n) is 4.01. The van der Waals surface area contributed by atoms with Crippen LogP contribution in [0.3, 0.4) is 0 Å². The number of nitrogens with zero attached hydrogens (tertiary/aromatic N) is 3. The largest absolute Gasteiger partial charge is 0.444 e. The molecular weight excluding hydrogens is 424 g/mol. The molecule has 0 radical (unpaired) electrons. The zero-order valence-electron chi connectivity index (χ0n) is 19.9. The van der Waals surface area contributed by atoms with Gasteiger partial charge in [0.05, 0.1) is 30.5 Å². The number of likely N-dealkylation sites (tertiary alicyclic amines) is 1. The van der Waals surface area contributed by atoms with Gasteiger partial charge in [0.25, 0.3) is 0 Å². The molecule has 9 heteroatoms. The van der Waals surface area contributed by atoms with Gasteiger partial charge in [0.2, 0.25) is 5.91 Å². The second kappa shape index (κ2) is 9.93. The summed E-state index contributed by atoms with van der Waals surface area (Å²) in [4.78, 5) is 26.9. The van der Waals surface area contributed by atoms with E-state index >= 15 is 0 Å². The minimum absolute atomic E-state index is 0.0200. The van der Waals surface area contributed by atoms with Gasteiger partial charge in [0.15, 0.2) is 0 Å². The molecule has 4 atom stereocenters. The highest BCUT2D eigenvalue weighted by Gasteiger charge is 2.41. The molecule has 3 rings (SSSR count). The summed E-state index contributed by atoms with van der Waals surface area (Å²) in [6.45, 7) is 9.61. The number of rotatable bonds is 6. The number of β-amino-alcohol motifs (C(OH)–C–C–N with tert-alkyl or cyclic N) is 1. The van der Waals surface area contributed by atoms with Gasteiger partial charge in [0, 0.05) is 19.2 Å². The van der Waals surface area contributed by atoms with Crippen molar-refractivity contribution in [2.24, 2.45) is 0 Å². The highest BCUT2D eigenvalue weighted by molar-refractivity contribution is 5.86. The van der Waals surface area contributed by atoms with Crippen LogP contribution in [0.2, 0.25) is 0 Å². The van der Waals surface area contributed by atoms with Crippen LogP contribution < -0.4 is 5.32 Å². The first-order valence-corrected chi connectivity index (χ1v) is 11.3. The number of nitrogens with one attached hydrogen (secondary N) is 1. The molecule has 3 N–H and O–H groups in total. The Hall–Kier alpha value is -2.91. The smallest absolute Gasteiger partial charge is 0.411 e. The number of carbonyl (C=O) groups excluding carboxylic acids is 2. The number of aryl methyl sites for hydroxylation is 1. The van der Waals surface area contributed by atoms with Crippen LogP contribution in [-0.2, 0) is 16.1 Å². The van der Waals surface area contributed by atoms with Crippen LogP contribution in [0.5, 0.6) is 0 Å². The summed E-state index contributed by atoms with van der Waals surface area (Å²) in [5.74, 6) is -0.448. The third-order valence-electron chi connectivity index (χ3n) is 5.57. The van der Waals surface area contributed by atoms with Gasteiger partial charge < -0.3 is 20.3 Å². The molecule has 180 valence electrons. The second-order valence-electron chi connectivity index (χ2n) is 9.42. The molecule has 0 bridgehead atoms. The summed E-state index contributed by atoms with van der Waals surface area (Å²) >= 11 is 0. The normalized spacial score (nSPS) is 20.4. The van der Waals surface area contributed by atoms with E-state index in [0.29, 0.717) is 0 Å². The summed E-state index contributed by atoms with van der Waals surface area (Å²) in [5.41, 5.74) is 1.97. The second-order valence-corrected chi connectivity index (χ2v) is 9.42. The molecular formula is C24H34N4O5. The first kappa shape index (κ1) is 24.7. The number of aliphatic hydroxyl groups is 2. The quantitative estimate of drug-likeness (QED) is 0.612. The standard InChI is InChI=1S/C24H34N4O5/c1-6-28-19(11-12-25-28)16-7-9-17(10-8-16)21(15(2)29)26-22(31)20-13-18(30)14-27(20)23(32)33-24(3,4)5/h7-12,15,18,20-21,29-30H,6,13-14H2,1-5H3,(H,26,31)/t15?,18-,20+,21?/m1/s1. The maximum Gasteiger partial charge on any atom is 0.411 e. The third-order valence-corrected chi connectivity index (χ3v) is 5.57. The van der Waals surface area contributed by atoms with E-state index in [1.54, 1.807) is 33.9 Å². The lowest BCUT2D eigenvalue weighted by Gasteiger charge is -2.29. The molecule has 1 saturated heterocycles. The van der Waals surface area contributed by atoms with E-state index in [-0.39, 0.29) is 13.0 Å². The van der Waals surface area contributed by atoms with Crippen LogP contribution in [0.25, 0.3) is 11.3 Å². The number of aliphatic hydroxyl groups excluding tert-OH is 2. The Morgan fingerprint density at radius 1 is 1.24 bits per heavy atom. The van der Waals surface area contributed by atoms with E-state index in [9.17, 15) is 19.8 Å². The van der Waals surface area contributed by atoms with Crippen LogP contribution in [0.1, 0.15) is 52.6 Å². The highest BCUT2D eigenvalue weighted by Crippen LogP contribution is 2.26. The van der Waals surface area contributed by atoms with Crippen molar-refractivity contribution in [2.75, 3.05) is 6.54 Å². The number of carbonyl (C=O) groups is 2. The molecule has 2 heterocycles. The zero-order valence-corrected chi connectivity index (χ0v) is 19.9. The van der Waals surface area contributed by atoms with Crippen LogP contribution in [0, 0.1) is 0 Å². The van der Waals surface area contributed by atoms with E-state index in [1.807, 2.05) is 41.9 Å². The Kier molecular flexibility index (Phi) is 7.44. The molecule has 1 aliphatic heterocycles. The van der Waals surface area contributed by atoms with Gasteiger partial charge in [-0.05, 0) is 51.8 Å². The highest BCUT2D eigenvalue weighted by atomic mass is 16.6. The lowest BCUT2D eigenvalue weighted by molar-refractivity contribution is -0.127. The number of aromatic nitrogens is 2. The summed E-state index contributed by atoms with van der Waals surface area (Å²) in [7, 11) is 0. The maximum absolute atomic E-state index is 13.1. The van der Waals surface area contributed by atoms with Crippen molar-refractivity contribution in [3.05, 3.63) is 42.1 Å². The van der Waals surface area contributed by atoms with E-state index in [2.05, 4.69) is 10.4 Å². The lowest BCUT2D eigenvalue weighted by atomic mass is 9.99. The summed E-state index contributed by atoms with van der Waals surface area (Å²) < 4.78 is 7.28. The molecule has 2 unspecified atom stereocenters. The van der Waals surface area contributed by atoms with Gasteiger partial charge in [-0.25, -0.2) is 4.79 Å². The molecule has 2 amide bonds. The van der Waals surface area contributed by atoms with Crippen LogP contribution in [0.15, 0.2) is 36.5 Å². The number of ether oxygens (including phenoxy) is 1. The van der Waals surface area contributed by atoms with Crippen LogP contribution >= 0.6 is 0 Å². The predicted molar refractivity (Wildman–Crippen MR) is 123 cm³/mol.